The minimum absolute atomic E-state index is 0. The van der Waals surface area contributed by atoms with Crippen LogP contribution >= 0.6 is 31.9 Å². The monoisotopic (exact) mass is 703 g/mol. The molecule has 0 fully saturated rings. The topological polar surface area (TPSA) is 266 Å². The molecule has 0 bridgehead atoms. The molecule has 0 spiro atoms. The van der Waals surface area contributed by atoms with E-state index in [2.05, 4.69) is 42.1 Å². The Kier molecular flexibility index (Phi) is 17.8. The zero-order chi connectivity index (χ0) is 27.8. The van der Waals surface area contributed by atoms with Gasteiger partial charge in [-0.1, -0.05) is 43.4 Å². The number of nitrogens with two attached hydrogens (primary N) is 2. The van der Waals surface area contributed by atoms with Crippen molar-refractivity contribution in [2.75, 3.05) is 14.2 Å². The number of carbonyl (C=O) groups excluding carboxylic acids is 2. The van der Waals surface area contributed by atoms with E-state index in [1.54, 1.807) is 24.3 Å². The van der Waals surface area contributed by atoms with Gasteiger partial charge in [0.15, 0.2) is 0 Å². The molecule has 19 heteroatoms. The van der Waals surface area contributed by atoms with Crippen LogP contribution in [0.1, 0.15) is 11.1 Å². The van der Waals surface area contributed by atoms with Gasteiger partial charge < -0.3 is 46.5 Å². The van der Waals surface area contributed by atoms with Crippen molar-refractivity contribution in [3.05, 3.63) is 59.7 Å². The largest absolute Gasteiger partial charge is 3.00 e. The Bertz CT molecular complexity index is 1050. The number of halogens is 2. The van der Waals surface area contributed by atoms with Crippen molar-refractivity contribution in [1.29, 1.82) is 0 Å². The summed E-state index contributed by atoms with van der Waals surface area (Å²) >= 11 is 6.43. The molecular weight excluding hydrogens is 688 g/mol. The Labute approximate surface area is 239 Å². The van der Waals surface area contributed by atoms with Gasteiger partial charge in [-0.15, -0.1) is 0 Å². The van der Waals surface area contributed by atoms with Gasteiger partial charge in [-0.25, -0.2) is 20.4 Å². The molecule has 16 nitrogen and oxygen atoms in total. The third kappa shape index (κ3) is 15.1. The van der Waals surface area contributed by atoms with E-state index in [9.17, 15) is 19.8 Å². The van der Waals surface area contributed by atoms with Crippen LogP contribution in [0.25, 0.3) is 0 Å². The van der Waals surface area contributed by atoms with Crippen LogP contribution in [0, 0.1) is 15.3 Å². The number of urea groups is 2. The van der Waals surface area contributed by atoms with Gasteiger partial charge in [0.25, 0.3) is 0 Å². The smallest absolute Gasteiger partial charge is 0.870 e. The molecule has 37 heavy (non-hydrogen) atoms. The van der Waals surface area contributed by atoms with Gasteiger partial charge in [0.1, 0.15) is 11.5 Å². The fourth-order valence-corrected chi connectivity index (χ4v) is 2.91. The molecule has 0 aromatic heterocycles. The summed E-state index contributed by atoms with van der Waals surface area (Å²) in [6.45, 7) is 0. The van der Waals surface area contributed by atoms with Gasteiger partial charge in [-0.3, -0.25) is 0 Å². The summed E-state index contributed by atoms with van der Waals surface area (Å²) in [4.78, 5) is 28.9. The van der Waals surface area contributed by atoms with Crippen molar-refractivity contribution in [2.24, 2.45) is 21.7 Å². The number of nitrogens with zero attached hydrogens (tertiary/aromatic N) is 3. The molecule has 0 heterocycles. The van der Waals surface area contributed by atoms with Crippen LogP contribution < -0.4 is 42.0 Å². The molecule has 6 N–H and O–H groups in total. The van der Waals surface area contributed by atoms with Crippen LogP contribution in [0.3, 0.4) is 0 Å². The van der Waals surface area contributed by atoms with Crippen molar-refractivity contribution < 1.29 is 34.4 Å². The van der Waals surface area contributed by atoms with Gasteiger partial charge in [0.2, 0.25) is 0 Å². The van der Waals surface area contributed by atoms with Crippen molar-refractivity contribution >= 4 is 76.1 Å². The summed E-state index contributed by atoms with van der Waals surface area (Å²) < 4.78 is 11.1. The van der Waals surface area contributed by atoms with Crippen molar-refractivity contribution in [1.82, 2.24) is 10.9 Å². The number of primary amides is 2. The number of methoxy groups -OCH3 is 2. The number of benzene rings is 2. The molecule has 2 aromatic carbocycles. The predicted molar refractivity (Wildman–Crippen MR) is 137 cm³/mol. The van der Waals surface area contributed by atoms with E-state index >= 15 is 0 Å². The summed E-state index contributed by atoms with van der Waals surface area (Å²) in [5, 5.41) is 45.0. The Morgan fingerprint density at radius 1 is 0.865 bits per heavy atom. The maximum atomic E-state index is 11.6. The zero-order valence-corrected chi connectivity index (χ0v) is 24.6. The SMILES string of the molecule is COc1cc(Br)cc(/C=N/NC(N)=O)c1[O-].COc1cc(Br)cc(/C=N/NC(N)=O)c1[O-].O=[N+]([O-])[O-].[Ga+3]. The molecular formula is C18H18Br2GaN7O9. The Hall–Kier alpha value is -3.68. The number of nitrogens with one attached hydrogen (secondary N) is 2. The molecule has 2 aromatic rings. The third-order valence-electron chi connectivity index (χ3n) is 3.29. The molecule has 4 amide bonds. The van der Waals surface area contributed by atoms with Crippen LogP contribution in [0.2, 0.25) is 0 Å². The zero-order valence-electron chi connectivity index (χ0n) is 19.0. The van der Waals surface area contributed by atoms with E-state index in [1.165, 1.54) is 26.6 Å². The van der Waals surface area contributed by atoms with Crippen LogP contribution in [0.15, 0.2) is 43.4 Å². The van der Waals surface area contributed by atoms with Crippen LogP contribution in [0.4, 0.5) is 9.59 Å². The minimum Gasteiger partial charge on any atom is -0.870 e. The van der Waals surface area contributed by atoms with Gasteiger partial charge in [-0.2, -0.15) is 10.2 Å². The second kappa shape index (κ2) is 18.6. The first-order valence-corrected chi connectivity index (χ1v) is 10.5. The van der Waals surface area contributed by atoms with E-state index in [4.69, 9.17) is 36.3 Å². The third-order valence-corrected chi connectivity index (χ3v) is 4.21. The molecule has 0 saturated heterocycles. The fourth-order valence-electron chi connectivity index (χ4n) is 2.00. The summed E-state index contributed by atoms with van der Waals surface area (Å²) in [5.74, 6) is -0.258. The van der Waals surface area contributed by atoms with E-state index in [0.717, 1.165) is 0 Å². The number of rotatable bonds is 6. The summed E-state index contributed by atoms with van der Waals surface area (Å²) in [6.07, 6.45) is 2.39. The summed E-state index contributed by atoms with van der Waals surface area (Å²) in [7, 11) is 2.79. The quantitative estimate of drug-likeness (QED) is 0.140. The first-order chi connectivity index (χ1) is 16.8. The molecule has 0 aliphatic carbocycles. The summed E-state index contributed by atoms with van der Waals surface area (Å²) in [6, 6.07) is 4.59. The molecule has 196 valence electrons. The van der Waals surface area contributed by atoms with Gasteiger partial charge in [-0.05, 0) is 35.4 Å². The molecule has 0 atom stereocenters. The Balaban J connectivity index is 0. The molecule has 0 saturated carbocycles. The van der Waals surface area contributed by atoms with Gasteiger partial charge in [0, 0.05) is 8.95 Å². The van der Waals surface area contributed by atoms with E-state index < -0.39 is 17.1 Å². The average Bonchev–Trinajstić information content (AvgIpc) is 2.77. The number of hydrazone groups is 2. The normalized spacial score (nSPS) is 9.62. The maximum Gasteiger partial charge on any atom is 3.00 e. The van der Waals surface area contributed by atoms with Crippen molar-refractivity contribution in [2.45, 2.75) is 0 Å². The molecule has 0 unspecified atom stereocenters. The Morgan fingerprint density at radius 2 is 1.16 bits per heavy atom. The second-order valence-corrected chi connectivity index (χ2v) is 7.58. The summed E-state index contributed by atoms with van der Waals surface area (Å²) in [5.41, 5.74) is 14.1. The van der Waals surface area contributed by atoms with Crippen LogP contribution in [-0.4, -0.2) is 63.6 Å². The first-order valence-electron chi connectivity index (χ1n) is 8.89. The van der Waals surface area contributed by atoms with Crippen molar-refractivity contribution in [3.8, 4) is 23.0 Å². The standard InChI is InChI=1S/2C9H10BrN3O3.Ga.NO3/c2*1-16-7-3-6(10)2-5(8(7)14)4-12-13-9(11)15;;2-1(3)4/h2*2-4,14H,1H3,(H3,11,13,15);;/q;;+3;-1/p-2/b2*12-4+;;. The van der Waals surface area contributed by atoms with E-state index in [0.29, 0.717) is 8.95 Å². The number of carbonyl (C=O) groups is 2. The first kappa shape index (κ1) is 35.5. The van der Waals surface area contributed by atoms with Gasteiger partial charge >= 0.3 is 31.9 Å². The van der Waals surface area contributed by atoms with E-state index in [1.807, 2.05) is 10.9 Å². The fraction of sp³-hybridized carbons (Fsp3) is 0.111. The van der Waals surface area contributed by atoms with E-state index in [-0.39, 0.29) is 53.9 Å². The number of hydrogen-bond acceptors (Lipinski definition) is 11. The molecule has 0 radical (unpaired) electrons. The molecule has 2 rings (SSSR count). The van der Waals surface area contributed by atoms with Gasteiger partial charge in [0.05, 0.1) is 31.7 Å². The molecule has 0 aliphatic rings. The predicted octanol–water partition coefficient (Wildman–Crippen LogP) is 0.447. The Morgan fingerprint density at radius 3 is 1.41 bits per heavy atom. The molecule has 0 aliphatic heterocycles. The number of hydrogen-bond donors (Lipinski definition) is 4. The maximum absolute atomic E-state index is 11.6. The van der Waals surface area contributed by atoms with Crippen LogP contribution in [-0.2, 0) is 0 Å². The number of amides is 4. The second-order valence-electron chi connectivity index (χ2n) is 5.74. The number of ether oxygens (including phenoxy) is 2. The average molecular weight is 706 g/mol. The van der Waals surface area contributed by atoms with Crippen molar-refractivity contribution in [3.63, 3.8) is 0 Å². The minimum atomic E-state index is -1.75. The van der Waals surface area contributed by atoms with Crippen LogP contribution in [0.5, 0.6) is 23.0 Å².